The summed E-state index contributed by atoms with van der Waals surface area (Å²) >= 11 is 0. The molecule has 2 aromatic rings. The number of benzene rings is 1. The number of hydrogen-bond acceptors (Lipinski definition) is 3. The lowest BCUT2D eigenvalue weighted by Crippen LogP contribution is -2.23. The predicted molar refractivity (Wildman–Crippen MR) is 81.9 cm³/mol. The molecular weight excluding hydrogens is 266 g/mol. The van der Waals surface area contributed by atoms with Gasteiger partial charge in [0.1, 0.15) is 0 Å². The molecule has 0 aliphatic rings. The first-order valence-corrected chi connectivity index (χ1v) is 7.09. The topological polar surface area (TPSA) is 67.2 Å². The van der Waals surface area contributed by atoms with Crippen molar-refractivity contribution in [3.63, 3.8) is 0 Å². The molecule has 112 valence electrons. The summed E-state index contributed by atoms with van der Waals surface area (Å²) in [5, 5.41) is 16.6. The van der Waals surface area contributed by atoms with E-state index in [0.29, 0.717) is 6.54 Å². The first kappa shape index (κ1) is 15.3. The van der Waals surface area contributed by atoms with Gasteiger partial charge in [-0.2, -0.15) is 5.10 Å². The Balaban J connectivity index is 1.88. The molecule has 1 unspecified atom stereocenters. The van der Waals surface area contributed by atoms with Crippen LogP contribution in [0.3, 0.4) is 0 Å². The Morgan fingerprint density at radius 1 is 1.33 bits per heavy atom. The fourth-order valence-corrected chi connectivity index (χ4v) is 1.91. The van der Waals surface area contributed by atoms with E-state index in [2.05, 4.69) is 10.4 Å². The van der Waals surface area contributed by atoms with E-state index in [1.54, 1.807) is 6.20 Å². The van der Waals surface area contributed by atoms with Crippen LogP contribution in [-0.4, -0.2) is 26.9 Å². The summed E-state index contributed by atoms with van der Waals surface area (Å²) in [6.45, 7) is 4.48. The van der Waals surface area contributed by atoms with Crippen LogP contribution >= 0.6 is 0 Å². The maximum absolute atomic E-state index is 11.8. The molecule has 0 saturated carbocycles. The maximum Gasteiger partial charge on any atom is 0.226 e. The normalized spacial score (nSPS) is 12.4. The van der Waals surface area contributed by atoms with Gasteiger partial charge >= 0.3 is 0 Å². The number of carbonyl (C=O) groups is 1. The van der Waals surface area contributed by atoms with Crippen LogP contribution in [0.4, 0.5) is 5.69 Å². The SMILES string of the molecule is CC(C)C(O)CC(=O)Nc1ccc(Cn2cccn2)cc1. The van der Waals surface area contributed by atoms with Crippen molar-refractivity contribution in [2.45, 2.75) is 32.9 Å². The number of aromatic nitrogens is 2. The molecule has 0 bridgehead atoms. The van der Waals surface area contributed by atoms with Crippen molar-refractivity contribution in [3.05, 3.63) is 48.3 Å². The second-order valence-electron chi connectivity index (χ2n) is 5.46. The van der Waals surface area contributed by atoms with Gasteiger partial charge in [-0.05, 0) is 29.7 Å². The highest BCUT2D eigenvalue weighted by Gasteiger charge is 2.14. The minimum absolute atomic E-state index is 0.0761. The quantitative estimate of drug-likeness (QED) is 0.856. The van der Waals surface area contributed by atoms with Crippen LogP contribution in [0.1, 0.15) is 25.8 Å². The molecule has 0 radical (unpaired) electrons. The molecule has 1 aromatic carbocycles. The zero-order valence-electron chi connectivity index (χ0n) is 12.4. The Morgan fingerprint density at radius 3 is 2.62 bits per heavy atom. The van der Waals surface area contributed by atoms with Gasteiger partial charge in [0.15, 0.2) is 0 Å². The second kappa shape index (κ2) is 7.04. The molecule has 1 amide bonds. The van der Waals surface area contributed by atoms with Gasteiger partial charge in [0, 0.05) is 18.1 Å². The van der Waals surface area contributed by atoms with Crippen molar-refractivity contribution < 1.29 is 9.90 Å². The third-order valence-corrected chi connectivity index (χ3v) is 3.31. The molecule has 1 atom stereocenters. The number of carbonyl (C=O) groups excluding carboxylic acids is 1. The molecule has 2 rings (SSSR count). The van der Waals surface area contributed by atoms with E-state index in [0.717, 1.165) is 11.3 Å². The van der Waals surface area contributed by atoms with Crippen LogP contribution in [0, 0.1) is 5.92 Å². The fourth-order valence-electron chi connectivity index (χ4n) is 1.91. The van der Waals surface area contributed by atoms with Gasteiger partial charge in [-0.3, -0.25) is 9.48 Å². The lowest BCUT2D eigenvalue weighted by molar-refractivity contribution is -0.118. The Kier molecular flexibility index (Phi) is 5.11. The van der Waals surface area contributed by atoms with E-state index < -0.39 is 6.10 Å². The predicted octanol–water partition coefficient (Wildman–Crippen LogP) is 2.28. The van der Waals surface area contributed by atoms with E-state index >= 15 is 0 Å². The van der Waals surface area contributed by atoms with Crippen LogP contribution < -0.4 is 5.32 Å². The summed E-state index contributed by atoms with van der Waals surface area (Å²) in [5.74, 6) is -0.0942. The molecule has 1 aromatic heterocycles. The van der Waals surface area contributed by atoms with E-state index in [4.69, 9.17) is 0 Å². The molecule has 1 heterocycles. The molecule has 5 heteroatoms. The first-order chi connectivity index (χ1) is 10.0. The zero-order chi connectivity index (χ0) is 15.2. The van der Waals surface area contributed by atoms with E-state index in [1.807, 2.05) is 55.1 Å². The lowest BCUT2D eigenvalue weighted by atomic mass is 10.0. The van der Waals surface area contributed by atoms with Crippen molar-refractivity contribution in [2.24, 2.45) is 5.92 Å². The third kappa shape index (κ3) is 4.72. The Labute approximate surface area is 124 Å². The average Bonchev–Trinajstić information content (AvgIpc) is 2.93. The number of nitrogens with zero attached hydrogens (tertiary/aromatic N) is 2. The zero-order valence-corrected chi connectivity index (χ0v) is 12.4. The molecule has 2 N–H and O–H groups in total. The Morgan fingerprint density at radius 2 is 2.05 bits per heavy atom. The van der Waals surface area contributed by atoms with Gasteiger partial charge in [-0.15, -0.1) is 0 Å². The highest BCUT2D eigenvalue weighted by Crippen LogP contribution is 2.12. The van der Waals surface area contributed by atoms with Crippen LogP contribution in [0.5, 0.6) is 0 Å². The van der Waals surface area contributed by atoms with Crippen molar-refractivity contribution in [1.82, 2.24) is 9.78 Å². The van der Waals surface area contributed by atoms with Crippen molar-refractivity contribution in [2.75, 3.05) is 5.32 Å². The fraction of sp³-hybridized carbons (Fsp3) is 0.375. The van der Waals surface area contributed by atoms with Gasteiger partial charge in [-0.1, -0.05) is 26.0 Å². The summed E-state index contributed by atoms with van der Waals surface area (Å²) in [5.41, 5.74) is 1.85. The number of hydrogen-bond donors (Lipinski definition) is 2. The highest BCUT2D eigenvalue weighted by molar-refractivity contribution is 5.91. The van der Waals surface area contributed by atoms with Gasteiger partial charge in [0.25, 0.3) is 0 Å². The largest absolute Gasteiger partial charge is 0.392 e. The van der Waals surface area contributed by atoms with Gasteiger partial charge < -0.3 is 10.4 Å². The summed E-state index contributed by atoms with van der Waals surface area (Å²) in [6.07, 6.45) is 3.16. The summed E-state index contributed by atoms with van der Waals surface area (Å²) in [4.78, 5) is 11.8. The maximum atomic E-state index is 11.8. The minimum atomic E-state index is -0.607. The molecular formula is C16H21N3O2. The second-order valence-corrected chi connectivity index (χ2v) is 5.46. The lowest BCUT2D eigenvalue weighted by Gasteiger charge is -2.14. The number of aliphatic hydroxyl groups excluding tert-OH is 1. The number of aliphatic hydroxyl groups is 1. The molecule has 5 nitrogen and oxygen atoms in total. The van der Waals surface area contributed by atoms with Gasteiger partial charge in [0.2, 0.25) is 5.91 Å². The molecule has 0 fully saturated rings. The van der Waals surface area contributed by atoms with Crippen molar-refractivity contribution >= 4 is 11.6 Å². The first-order valence-electron chi connectivity index (χ1n) is 7.09. The molecule has 0 saturated heterocycles. The number of nitrogens with one attached hydrogen (secondary N) is 1. The van der Waals surface area contributed by atoms with Crippen LogP contribution in [0.15, 0.2) is 42.7 Å². The summed E-state index contributed by atoms with van der Waals surface area (Å²) in [7, 11) is 0. The Bertz CT molecular complexity index is 562. The average molecular weight is 287 g/mol. The number of amides is 1. The smallest absolute Gasteiger partial charge is 0.226 e. The number of anilines is 1. The molecule has 0 aliphatic carbocycles. The summed E-state index contributed by atoms with van der Waals surface area (Å²) < 4.78 is 1.84. The molecule has 0 aliphatic heterocycles. The van der Waals surface area contributed by atoms with Gasteiger partial charge in [0.05, 0.1) is 19.1 Å². The number of rotatable bonds is 6. The van der Waals surface area contributed by atoms with E-state index in [1.165, 1.54) is 0 Å². The summed E-state index contributed by atoms with van der Waals surface area (Å²) in [6, 6.07) is 9.51. The van der Waals surface area contributed by atoms with E-state index in [-0.39, 0.29) is 18.2 Å². The van der Waals surface area contributed by atoms with Crippen LogP contribution in [0.2, 0.25) is 0 Å². The third-order valence-electron chi connectivity index (χ3n) is 3.31. The monoisotopic (exact) mass is 287 g/mol. The van der Waals surface area contributed by atoms with Gasteiger partial charge in [-0.25, -0.2) is 0 Å². The molecule has 0 spiro atoms. The minimum Gasteiger partial charge on any atom is -0.392 e. The van der Waals surface area contributed by atoms with Crippen molar-refractivity contribution in [3.8, 4) is 0 Å². The highest BCUT2D eigenvalue weighted by atomic mass is 16.3. The molecule has 21 heavy (non-hydrogen) atoms. The standard InChI is InChI=1S/C16H21N3O2/c1-12(2)15(20)10-16(21)18-14-6-4-13(5-7-14)11-19-9-3-8-17-19/h3-9,12,15,20H,10-11H2,1-2H3,(H,18,21). The van der Waals surface area contributed by atoms with Crippen LogP contribution in [-0.2, 0) is 11.3 Å². The van der Waals surface area contributed by atoms with E-state index in [9.17, 15) is 9.90 Å². The van der Waals surface area contributed by atoms with Crippen LogP contribution in [0.25, 0.3) is 0 Å². The Hall–Kier alpha value is -2.14. The van der Waals surface area contributed by atoms with Crippen molar-refractivity contribution in [1.29, 1.82) is 0 Å².